The van der Waals surface area contributed by atoms with E-state index >= 15 is 0 Å². The van der Waals surface area contributed by atoms with Gasteiger partial charge in [0.1, 0.15) is 24.4 Å². The van der Waals surface area contributed by atoms with Crippen molar-refractivity contribution in [3.8, 4) is 0 Å². The van der Waals surface area contributed by atoms with E-state index in [1.165, 1.54) is 0 Å². The monoisotopic (exact) mass is 240 g/mol. The molecule has 0 saturated carbocycles. The Bertz CT molecular complexity index is 227. The molecule has 0 aromatic carbocycles. The van der Waals surface area contributed by atoms with Crippen LogP contribution in [0.4, 0.5) is 4.79 Å². The standard InChI is InChI=1S/C7H16N2O7/c8-7(16)9-6(15)5(14)4(13)3(12)2(11)1-10/h2-6,10-15H,1H2,(H3,8,9,16)/t2-,3-,4+,5-,6?/m1/s1. The number of rotatable bonds is 6. The van der Waals surface area contributed by atoms with Gasteiger partial charge in [0.2, 0.25) is 0 Å². The van der Waals surface area contributed by atoms with Crippen LogP contribution in [0.5, 0.6) is 0 Å². The maximum atomic E-state index is 10.3. The van der Waals surface area contributed by atoms with Gasteiger partial charge in [-0.15, -0.1) is 0 Å². The van der Waals surface area contributed by atoms with Crippen molar-refractivity contribution >= 4 is 6.03 Å². The molecule has 0 rings (SSSR count). The minimum atomic E-state index is -1.97. The molecule has 96 valence electrons. The van der Waals surface area contributed by atoms with E-state index in [1.54, 1.807) is 5.32 Å². The molecule has 0 radical (unpaired) electrons. The molecule has 0 saturated heterocycles. The maximum Gasteiger partial charge on any atom is 0.314 e. The Morgan fingerprint density at radius 3 is 1.94 bits per heavy atom. The van der Waals surface area contributed by atoms with E-state index in [0.717, 1.165) is 0 Å². The summed E-state index contributed by atoms with van der Waals surface area (Å²) in [6.07, 6.45) is -9.42. The third kappa shape index (κ3) is 4.26. The minimum absolute atomic E-state index is 0.843. The molecule has 0 aliphatic carbocycles. The van der Waals surface area contributed by atoms with E-state index in [4.69, 9.17) is 20.4 Å². The first-order valence-electron chi connectivity index (χ1n) is 4.38. The summed E-state index contributed by atoms with van der Waals surface area (Å²) in [5, 5.41) is 55.8. The van der Waals surface area contributed by atoms with Gasteiger partial charge in [0.25, 0.3) is 0 Å². The number of hydrogen-bond acceptors (Lipinski definition) is 7. The van der Waals surface area contributed by atoms with Crippen molar-refractivity contribution in [3.63, 3.8) is 0 Å². The van der Waals surface area contributed by atoms with Crippen LogP contribution < -0.4 is 11.1 Å². The van der Waals surface area contributed by atoms with Crippen molar-refractivity contribution in [1.29, 1.82) is 0 Å². The summed E-state index contributed by atoms with van der Waals surface area (Å²) in [4.78, 5) is 10.3. The molecular weight excluding hydrogens is 224 g/mol. The van der Waals surface area contributed by atoms with Crippen LogP contribution in [0.2, 0.25) is 0 Å². The molecule has 0 fully saturated rings. The second-order valence-electron chi connectivity index (χ2n) is 3.18. The molecule has 0 spiro atoms. The smallest absolute Gasteiger partial charge is 0.314 e. The van der Waals surface area contributed by atoms with Crippen molar-refractivity contribution in [2.75, 3.05) is 6.61 Å². The highest BCUT2D eigenvalue weighted by Gasteiger charge is 2.34. The van der Waals surface area contributed by atoms with E-state index in [0.29, 0.717) is 0 Å². The van der Waals surface area contributed by atoms with Crippen LogP contribution in [-0.4, -0.2) is 73.9 Å². The Kier molecular flexibility index (Phi) is 6.18. The molecule has 0 bridgehead atoms. The van der Waals surface area contributed by atoms with Crippen molar-refractivity contribution in [1.82, 2.24) is 5.32 Å². The zero-order valence-corrected chi connectivity index (χ0v) is 8.26. The third-order valence-electron chi connectivity index (χ3n) is 1.89. The van der Waals surface area contributed by atoms with Crippen molar-refractivity contribution < 1.29 is 35.4 Å². The van der Waals surface area contributed by atoms with E-state index in [-0.39, 0.29) is 0 Å². The van der Waals surface area contributed by atoms with Gasteiger partial charge in [-0.1, -0.05) is 0 Å². The van der Waals surface area contributed by atoms with Gasteiger partial charge in [-0.05, 0) is 0 Å². The van der Waals surface area contributed by atoms with Crippen molar-refractivity contribution in [3.05, 3.63) is 0 Å². The Hall–Kier alpha value is -0.970. The zero-order chi connectivity index (χ0) is 12.9. The molecule has 0 heterocycles. The van der Waals surface area contributed by atoms with Crippen LogP contribution in [0.1, 0.15) is 0 Å². The van der Waals surface area contributed by atoms with Crippen molar-refractivity contribution in [2.24, 2.45) is 5.73 Å². The van der Waals surface area contributed by atoms with Gasteiger partial charge in [0.05, 0.1) is 6.61 Å². The first kappa shape index (κ1) is 15.0. The molecule has 0 aromatic heterocycles. The summed E-state index contributed by atoms with van der Waals surface area (Å²) in [6, 6.07) is -1.14. The average molecular weight is 240 g/mol. The van der Waals surface area contributed by atoms with Crippen LogP contribution in [0.25, 0.3) is 0 Å². The van der Waals surface area contributed by atoms with Crippen LogP contribution in [0.3, 0.4) is 0 Å². The van der Waals surface area contributed by atoms with E-state index in [9.17, 15) is 15.0 Å². The van der Waals surface area contributed by atoms with Gasteiger partial charge >= 0.3 is 6.03 Å². The fraction of sp³-hybridized carbons (Fsp3) is 0.857. The number of carbonyl (C=O) groups is 1. The van der Waals surface area contributed by atoms with Gasteiger partial charge < -0.3 is 41.7 Å². The number of hydrogen-bond donors (Lipinski definition) is 8. The number of aliphatic hydroxyl groups excluding tert-OH is 6. The first-order chi connectivity index (χ1) is 7.31. The third-order valence-corrected chi connectivity index (χ3v) is 1.89. The molecule has 16 heavy (non-hydrogen) atoms. The largest absolute Gasteiger partial charge is 0.394 e. The zero-order valence-electron chi connectivity index (χ0n) is 8.26. The summed E-state index contributed by atoms with van der Waals surface area (Å²) in [5.74, 6) is 0. The predicted octanol–water partition coefficient (Wildman–Crippen LogP) is -4.59. The molecule has 9 nitrogen and oxygen atoms in total. The molecule has 2 amide bonds. The summed E-state index contributed by atoms with van der Waals surface area (Å²) in [6.45, 7) is -0.843. The summed E-state index contributed by atoms with van der Waals surface area (Å²) >= 11 is 0. The predicted molar refractivity (Wildman–Crippen MR) is 49.8 cm³/mol. The van der Waals surface area contributed by atoms with Crippen LogP contribution in [0, 0.1) is 0 Å². The minimum Gasteiger partial charge on any atom is -0.394 e. The summed E-state index contributed by atoms with van der Waals surface area (Å²) < 4.78 is 0. The number of amides is 2. The number of primary amides is 1. The number of carbonyl (C=O) groups excluding carboxylic acids is 1. The van der Waals surface area contributed by atoms with Crippen LogP contribution >= 0.6 is 0 Å². The highest BCUT2D eigenvalue weighted by Crippen LogP contribution is 2.07. The lowest BCUT2D eigenvalue weighted by Crippen LogP contribution is -2.55. The fourth-order valence-electron chi connectivity index (χ4n) is 0.956. The van der Waals surface area contributed by atoms with Gasteiger partial charge in [-0.2, -0.15) is 0 Å². The molecule has 0 aliphatic rings. The molecule has 9 N–H and O–H groups in total. The molecule has 1 unspecified atom stereocenters. The van der Waals surface area contributed by atoms with Gasteiger partial charge in [0, 0.05) is 0 Å². The Morgan fingerprint density at radius 2 is 1.56 bits per heavy atom. The number of aliphatic hydroxyl groups is 6. The quantitative estimate of drug-likeness (QED) is 0.215. The molecule has 0 aromatic rings. The number of urea groups is 1. The fourth-order valence-corrected chi connectivity index (χ4v) is 0.956. The lowest BCUT2D eigenvalue weighted by atomic mass is 10.0. The number of nitrogens with two attached hydrogens (primary N) is 1. The van der Waals surface area contributed by atoms with Gasteiger partial charge in [-0.25, -0.2) is 4.79 Å². The molecule has 9 heteroatoms. The van der Waals surface area contributed by atoms with Crippen LogP contribution in [0.15, 0.2) is 0 Å². The molecule has 5 atom stereocenters. The summed E-state index contributed by atoms with van der Waals surface area (Å²) in [7, 11) is 0. The average Bonchev–Trinajstić information content (AvgIpc) is 2.23. The second-order valence-corrected chi connectivity index (χ2v) is 3.18. The molecular formula is C7H16N2O7. The lowest BCUT2D eigenvalue weighted by Gasteiger charge is -2.28. The Labute approximate surface area is 90.7 Å². The van der Waals surface area contributed by atoms with E-state index < -0.39 is 43.3 Å². The SMILES string of the molecule is NC(=O)NC(O)[C@H](O)[C@@H](O)[C@H](O)[C@H](O)CO. The van der Waals surface area contributed by atoms with Crippen molar-refractivity contribution in [2.45, 2.75) is 30.6 Å². The summed E-state index contributed by atoms with van der Waals surface area (Å²) in [5.41, 5.74) is 4.64. The van der Waals surface area contributed by atoms with Crippen LogP contribution in [-0.2, 0) is 0 Å². The van der Waals surface area contributed by atoms with E-state index in [1.807, 2.05) is 0 Å². The second kappa shape index (κ2) is 6.58. The van der Waals surface area contributed by atoms with E-state index in [2.05, 4.69) is 5.73 Å². The Morgan fingerprint density at radius 1 is 1.06 bits per heavy atom. The normalized spacial score (nSPS) is 20.6. The lowest BCUT2D eigenvalue weighted by molar-refractivity contribution is -0.142. The van der Waals surface area contributed by atoms with Gasteiger partial charge in [-0.3, -0.25) is 0 Å². The highest BCUT2D eigenvalue weighted by molar-refractivity contribution is 5.71. The topological polar surface area (TPSA) is 176 Å². The van der Waals surface area contributed by atoms with Gasteiger partial charge in [0.15, 0.2) is 6.23 Å². The number of nitrogens with one attached hydrogen (secondary N) is 1. The highest BCUT2D eigenvalue weighted by atomic mass is 16.4. The molecule has 0 aliphatic heterocycles. The first-order valence-corrected chi connectivity index (χ1v) is 4.38. The Balaban J connectivity index is 4.35. The maximum absolute atomic E-state index is 10.3.